The second kappa shape index (κ2) is 4.44. The zero-order valence-electron chi connectivity index (χ0n) is 7.06. The lowest BCUT2D eigenvalue weighted by atomic mass is 10.2. The molecule has 0 amide bonds. The van der Waals surface area contributed by atoms with Gasteiger partial charge in [0.15, 0.2) is 11.8 Å². The fraction of sp³-hybridized carbons (Fsp3) is 0.571. The second-order valence-corrected chi connectivity index (χ2v) is 2.68. The van der Waals surface area contributed by atoms with Crippen LogP contribution in [0.1, 0.15) is 19.3 Å². The molecule has 0 unspecified atom stereocenters. The van der Waals surface area contributed by atoms with Crippen LogP contribution in [-0.2, 0) is 11.3 Å². The van der Waals surface area contributed by atoms with Gasteiger partial charge >= 0.3 is 5.97 Å². The van der Waals surface area contributed by atoms with Crippen molar-refractivity contribution in [2.45, 2.75) is 25.8 Å². The lowest BCUT2D eigenvalue weighted by Gasteiger charge is -1.90. The maximum atomic E-state index is 10.1. The quantitative estimate of drug-likeness (QED) is 0.545. The van der Waals surface area contributed by atoms with Gasteiger partial charge in [-0.1, -0.05) is 4.68 Å². The third kappa shape index (κ3) is 3.55. The summed E-state index contributed by atoms with van der Waals surface area (Å²) in [7, 11) is 0. The summed E-state index contributed by atoms with van der Waals surface area (Å²) in [6.07, 6.45) is 2.97. The summed E-state index contributed by atoms with van der Waals surface area (Å²) in [5, 5.41) is 11.9. The van der Waals surface area contributed by atoms with Crippen molar-refractivity contribution >= 4 is 11.9 Å². The van der Waals surface area contributed by atoms with Gasteiger partial charge in [0, 0.05) is 12.8 Å². The summed E-state index contributed by atoms with van der Waals surface area (Å²) in [5.74, 6) is -0.774. The highest BCUT2D eigenvalue weighted by Crippen LogP contribution is 2.02. The van der Waals surface area contributed by atoms with E-state index in [1.165, 1.54) is 10.9 Å². The second-order valence-electron chi connectivity index (χ2n) is 2.68. The number of nitrogens with zero attached hydrogens (tertiary/aromatic N) is 2. The molecule has 0 saturated heterocycles. The first-order chi connectivity index (χ1) is 6.18. The average molecular weight is 185 g/mol. The first-order valence-electron chi connectivity index (χ1n) is 3.98. The summed E-state index contributed by atoms with van der Waals surface area (Å²) in [5.41, 5.74) is 7.02. The van der Waals surface area contributed by atoms with Gasteiger partial charge < -0.3 is 15.4 Å². The molecule has 2 N–H and O–H groups in total. The largest absolute Gasteiger partial charge is 0.660 e. The maximum absolute atomic E-state index is 10.1. The zero-order valence-corrected chi connectivity index (χ0v) is 7.06. The van der Waals surface area contributed by atoms with Gasteiger partial charge in [-0.15, -0.1) is 0 Å². The molecule has 6 heteroatoms. The number of nitrogens with one attached hydrogen (secondary N) is 1. The molecule has 0 aromatic carbocycles. The number of aryl methyl sites for hydroxylation is 1. The van der Waals surface area contributed by atoms with Crippen molar-refractivity contribution in [1.29, 1.82) is 0 Å². The van der Waals surface area contributed by atoms with Gasteiger partial charge in [-0.05, 0) is 6.42 Å². The Labute approximate surface area is 74.9 Å². The van der Waals surface area contributed by atoms with Gasteiger partial charge in [-0.2, -0.15) is 0 Å². The van der Waals surface area contributed by atoms with Crippen molar-refractivity contribution < 1.29 is 19.1 Å². The maximum Gasteiger partial charge on any atom is 0.303 e. The van der Waals surface area contributed by atoms with E-state index in [0.29, 0.717) is 13.0 Å². The molecular weight excluding hydrogens is 174 g/mol. The van der Waals surface area contributed by atoms with Crippen molar-refractivity contribution in [2.75, 3.05) is 0 Å². The monoisotopic (exact) mass is 185 g/mol. The molecule has 0 saturated carbocycles. The molecule has 72 valence electrons. The normalized spacial score (nSPS) is 10.2. The third-order valence-corrected chi connectivity index (χ3v) is 1.54. The van der Waals surface area contributed by atoms with Crippen molar-refractivity contribution in [3.8, 4) is 0 Å². The lowest BCUT2D eigenvalue weighted by molar-refractivity contribution is -0.762. The van der Waals surface area contributed by atoms with Crippen LogP contribution in [0.25, 0.3) is 5.73 Å². The van der Waals surface area contributed by atoms with E-state index in [2.05, 4.69) is 9.79 Å². The van der Waals surface area contributed by atoms with E-state index in [0.717, 1.165) is 6.42 Å². The first-order valence-corrected chi connectivity index (χ1v) is 3.98. The van der Waals surface area contributed by atoms with E-state index in [1.807, 2.05) is 0 Å². The average Bonchev–Trinajstić information content (AvgIpc) is 2.45. The number of carbonyl (C=O) groups is 1. The first kappa shape index (κ1) is 9.50. The van der Waals surface area contributed by atoms with Crippen LogP contribution < -0.4 is 4.68 Å². The lowest BCUT2D eigenvalue weighted by Crippen LogP contribution is -2.34. The summed E-state index contributed by atoms with van der Waals surface area (Å²) in [6, 6.07) is 0. The number of rotatable bonds is 5. The van der Waals surface area contributed by atoms with Gasteiger partial charge in [0.25, 0.3) is 0 Å². The van der Waals surface area contributed by atoms with Gasteiger partial charge in [0.2, 0.25) is 6.20 Å². The Morgan fingerprint density at radius 1 is 1.69 bits per heavy atom. The van der Waals surface area contributed by atoms with Gasteiger partial charge in [-0.25, -0.2) is 0 Å². The molecular formula is C7H11N3O3. The van der Waals surface area contributed by atoms with Crippen LogP contribution in [0.4, 0.5) is 5.88 Å². The van der Waals surface area contributed by atoms with E-state index < -0.39 is 5.97 Å². The summed E-state index contributed by atoms with van der Waals surface area (Å²) in [6.45, 7) is 0.593. The fourth-order valence-corrected chi connectivity index (χ4v) is 0.934. The van der Waals surface area contributed by atoms with Crippen LogP contribution in [0.5, 0.6) is 0 Å². The highest BCUT2D eigenvalue weighted by Gasteiger charge is 2.05. The molecule has 0 bridgehead atoms. The van der Waals surface area contributed by atoms with Gasteiger partial charge in [0.1, 0.15) is 5.88 Å². The van der Waals surface area contributed by atoms with Crippen LogP contribution in [0.15, 0.2) is 10.7 Å². The van der Waals surface area contributed by atoms with E-state index >= 15 is 0 Å². The predicted octanol–water partition coefficient (Wildman–Crippen LogP) is 0.901. The Balaban J connectivity index is 2.16. The van der Waals surface area contributed by atoms with E-state index in [1.54, 1.807) is 0 Å². The van der Waals surface area contributed by atoms with Crippen molar-refractivity contribution in [3.05, 3.63) is 11.9 Å². The molecule has 1 rings (SSSR count). The Morgan fingerprint density at radius 3 is 3.00 bits per heavy atom. The van der Waals surface area contributed by atoms with Gasteiger partial charge in [-0.3, -0.25) is 4.79 Å². The molecule has 1 aromatic heterocycles. The topological polar surface area (TPSA) is 91.0 Å². The third-order valence-electron chi connectivity index (χ3n) is 1.54. The molecule has 0 aliphatic heterocycles. The van der Waals surface area contributed by atoms with Crippen molar-refractivity contribution in [2.24, 2.45) is 0 Å². The predicted molar refractivity (Wildman–Crippen MR) is 42.2 cm³/mol. The number of hydrogen-bond donors (Lipinski definition) is 1. The molecule has 0 radical (unpaired) electrons. The summed E-state index contributed by atoms with van der Waals surface area (Å²) < 4.78 is 6.00. The van der Waals surface area contributed by atoms with Crippen LogP contribution >= 0.6 is 0 Å². The SMILES string of the molecule is [NH-]c1c[n+](CCCCC(=O)O)no1. The number of carboxylic acid groups (broad SMARTS) is 1. The Hall–Kier alpha value is -1.59. The van der Waals surface area contributed by atoms with Crippen molar-refractivity contribution in [1.82, 2.24) is 5.27 Å². The minimum absolute atomic E-state index is 0.0123. The van der Waals surface area contributed by atoms with E-state index in [-0.39, 0.29) is 12.3 Å². The Morgan fingerprint density at radius 2 is 2.46 bits per heavy atom. The molecule has 0 aliphatic rings. The number of carboxylic acids is 1. The molecule has 1 heterocycles. The fourth-order valence-electron chi connectivity index (χ4n) is 0.934. The number of aromatic nitrogens is 2. The molecule has 0 atom stereocenters. The number of unbranched alkanes of at least 4 members (excludes halogenated alkanes) is 1. The number of aliphatic carboxylic acids is 1. The smallest absolute Gasteiger partial charge is 0.303 e. The molecule has 1 aromatic rings. The highest BCUT2D eigenvalue weighted by atomic mass is 16.5. The van der Waals surface area contributed by atoms with Crippen LogP contribution in [0, 0.1) is 0 Å². The summed E-state index contributed by atoms with van der Waals surface area (Å²) in [4.78, 5) is 10.1. The minimum atomic E-state index is -0.786. The molecule has 13 heavy (non-hydrogen) atoms. The minimum Gasteiger partial charge on any atom is -0.660 e. The van der Waals surface area contributed by atoms with E-state index in [4.69, 9.17) is 10.8 Å². The molecule has 0 fully saturated rings. The molecule has 6 nitrogen and oxygen atoms in total. The Kier molecular flexibility index (Phi) is 3.24. The molecule has 0 spiro atoms. The van der Waals surface area contributed by atoms with Crippen LogP contribution in [0.2, 0.25) is 0 Å². The van der Waals surface area contributed by atoms with Crippen LogP contribution in [0.3, 0.4) is 0 Å². The Bertz CT molecular complexity index is 284. The highest BCUT2D eigenvalue weighted by molar-refractivity contribution is 5.66. The standard InChI is InChI=1S/C7H11N3O3/c8-6-5-10(9-13-6)4-2-1-3-7(11)12/h5H,1-4H2,(H2-,8,9,11,12). The molecule has 0 aliphatic carbocycles. The number of hydrogen-bond acceptors (Lipinski definition) is 3. The summed E-state index contributed by atoms with van der Waals surface area (Å²) >= 11 is 0. The van der Waals surface area contributed by atoms with E-state index in [9.17, 15) is 4.79 Å². The van der Waals surface area contributed by atoms with Crippen LogP contribution in [-0.4, -0.2) is 16.3 Å². The van der Waals surface area contributed by atoms with Crippen molar-refractivity contribution in [3.63, 3.8) is 0 Å². The zero-order chi connectivity index (χ0) is 9.68. The van der Waals surface area contributed by atoms with Gasteiger partial charge in [0.05, 0.1) is 0 Å².